The van der Waals surface area contributed by atoms with Gasteiger partial charge in [-0.1, -0.05) is 6.07 Å². The van der Waals surface area contributed by atoms with Crippen LogP contribution < -0.4 is 5.32 Å². The van der Waals surface area contributed by atoms with Crippen LogP contribution in [0.15, 0.2) is 42.6 Å². The number of aromatic nitrogens is 1. The molecule has 0 aliphatic heterocycles. The summed E-state index contributed by atoms with van der Waals surface area (Å²) in [5.41, 5.74) is 0.647. The van der Waals surface area contributed by atoms with Crippen molar-refractivity contribution in [1.29, 1.82) is 0 Å². The molecule has 25 heavy (non-hydrogen) atoms. The Labute approximate surface area is 144 Å². The van der Waals surface area contributed by atoms with Crippen LogP contribution in [0.25, 0.3) is 0 Å². The van der Waals surface area contributed by atoms with Crippen molar-refractivity contribution in [2.45, 2.75) is 13.0 Å². The molecule has 0 atom stereocenters. The fourth-order valence-electron chi connectivity index (χ4n) is 2.06. The first-order chi connectivity index (χ1) is 11.8. The largest absolute Gasteiger partial charge is 0.326 e. The fourth-order valence-corrected chi connectivity index (χ4v) is 2.85. The van der Waals surface area contributed by atoms with E-state index in [4.69, 9.17) is 0 Å². The SMILES string of the molecule is CS(=O)(=O)N(CCC(=O)Nc1ccc(F)c(F)c1)Cc1ccccn1. The van der Waals surface area contributed by atoms with Gasteiger partial charge in [0.1, 0.15) is 0 Å². The van der Waals surface area contributed by atoms with Crippen molar-refractivity contribution in [2.24, 2.45) is 0 Å². The Hall–Kier alpha value is -2.39. The number of carbonyl (C=O) groups excluding carboxylic acids is 1. The van der Waals surface area contributed by atoms with Crippen LogP contribution in [-0.2, 0) is 21.4 Å². The molecular formula is C16H17F2N3O3S. The lowest BCUT2D eigenvalue weighted by molar-refractivity contribution is -0.116. The van der Waals surface area contributed by atoms with Gasteiger partial charge in [-0.25, -0.2) is 17.2 Å². The van der Waals surface area contributed by atoms with Crippen molar-refractivity contribution in [3.63, 3.8) is 0 Å². The van der Waals surface area contributed by atoms with Gasteiger partial charge in [-0.05, 0) is 24.3 Å². The lowest BCUT2D eigenvalue weighted by Crippen LogP contribution is -2.32. The Bertz CT molecular complexity index is 845. The first-order valence-corrected chi connectivity index (χ1v) is 9.20. The van der Waals surface area contributed by atoms with Crippen molar-refractivity contribution in [1.82, 2.24) is 9.29 Å². The zero-order valence-corrected chi connectivity index (χ0v) is 14.3. The summed E-state index contributed by atoms with van der Waals surface area (Å²) in [5.74, 6) is -2.61. The van der Waals surface area contributed by atoms with Gasteiger partial charge >= 0.3 is 0 Å². The molecule has 6 nitrogen and oxygen atoms in total. The first kappa shape index (κ1) is 18.9. The van der Waals surface area contributed by atoms with Crippen molar-refractivity contribution in [2.75, 3.05) is 18.1 Å². The maximum atomic E-state index is 13.1. The van der Waals surface area contributed by atoms with Crippen molar-refractivity contribution in [3.8, 4) is 0 Å². The number of nitrogens with one attached hydrogen (secondary N) is 1. The average Bonchev–Trinajstić information content (AvgIpc) is 2.55. The Morgan fingerprint density at radius 3 is 2.56 bits per heavy atom. The Morgan fingerprint density at radius 2 is 1.96 bits per heavy atom. The summed E-state index contributed by atoms with van der Waals surface area (Å²) in [6.07, 6.45) is 2.45. The average molecular weight is 369 g/mol. The van der Waals surface area contributed by atoms with Crippen LogP contribution in [0, 0.1) is 11.6 Å². The summed E-state index contributed by atoms with van der Waals surface area (Å²) in [6.45, 7) is -0.0248. The minimum Gasteiger partial charge on any atom is -0.326 e. The molecule has 2 rings (SSSR count). The van der Waals surface area contributed by atoms with Crippen LogP contribution in [0.1, 0.15) is 12.1 Å². The summed E-state index contributed by atoms with van der Waals surface area (Å²) in [6, 6.07) is 8.10. The Balaban J connectivity index is 1.97. The summed E-state index contributed by atoms with van der Waals surface area (Å²) in [4.78, 5) is 16.0. The minimum absolute atomic E-state index is 0.0398. The monoisotopic (exact) mass is 369 g/mol. The molecule has 0 bridgehead atoms. The Morgan fingerprint density at radius 1 is 1.20 bits per heavy atom. The molecule has 1 aromatic heterocycles. The van der Waals surface area contributed by atoms with Crippen molar-refractivity contribution in [3.05, 3.63) is 59.9 Å². The maximum absolute atomic E-state index is 13.1. The van der Waals surface area contributed by atoms with Gasteiger partial charge in [-0.15, -0.1) is 0 Å². The first-order valence-electron chi connectivity index (χ1n) is 7.35. The summed E-state index contributed by atoms with van der Waals surface area (Å²) in [5, 5.41) is 2.40. The molecule has 134 valence electrons. The third-order valence-electron chi connectivity index (χ3n) is 3.33. The molecule has 0 fully saturated rings. The second-order valence-corrected chi connectivity index (χ2v) is 7.33. The zero-order chi connectivity index (χ0) is 18.4. The van der Waals surface area contributed by atoms with E-state index < -0.39 is 27.6 Å². The third kappa shape index (κ3) is 5.87. The molecule has 1 amide bonds. The minimum atomic E-state index is -3.54. The van der Waals surface area contributed by atoms with Gasteiger partial charge in [0.15, 0.2) is 11.6 Å². The number of carbonyl (C=O) groups is 1. The van der Waals surface area contributed by atoms with Crippen molar-refractivity contribution >= 4 is 21.6 Å². The predicted molar refractivity (Wildman–Crippen MR) is 89.1 cm³/mol. The normalized spacial score (nSPS) is 11.5. The van der Waals surface area contributed by atoms with Gasteiger partial charge in [0, 0.05) is 30.9 Å². The van der Waals surface area contributed by atoms with E-state index in [-0.39, 0.29) is 25.2 Å². The second-order valence-electron chi connectivity index (χ2n) is 5.34. The van der Waals surface area contributed by atoms with Crippen molar-refractivity contribution < 1.29 is 22.0 Å². The number of hydrogen-bond acceptors (Lipinski definition) is 4. The topological polar surface area (TPSA) is 79.4 Å². The number of pyridine rings is 1. The van der Waals surface area contributed by atoms with Gasteiger partial charge in [0.2, 0.25) is 15.9 Å². The predicted octanol–water partition coefficient (Wildman–Crippen LogP) is 2.15. The number of nitrogens with zero attached hydrogens (tertiary/aromatic N) is 2. The van der Waals surface area contributed by atoms with Crippen LogP contribution in [0.3, 0.4) is 0 Å². The van der Waals surface area contributed by atoms with E-state index in [0.717, 1.165) is 22.7 Å². The summed E-state index contributed by atoms with van der Waals surface area (Å²) in [7, 11) is -3.54. The Kier molecular flexibility index (Phi) is 6.16. The van der Waals surface area contributed by atoms with E-state index in [1.54, 1.807) is 24.4 Å². The maximum Gasteiger partial charge on any atom is 0.225 e. The zero-order valence-electron chi connectivity index (χ0n) is 13.4. The number of benzene rings is 1. The highest BCUT2D eigenvalue weighted by Gasteiger charge is 2.19. The van der Waals surface area contributed by atoms with Gasteiger partial charge in [0.25, 0.3) is 0 Å². The lowest BCUT2D eigenvalue weighted by atomic mass is 10.3. The third-order valence-corrected chi connectivity index (χ3v) is 4.57. The molecular weight excluding hydrogens is 352 g/mol. The molecule has 0 saturated heterocycles. The summed E-state index contributed by atoms with van der Waals surface area (Å²) >= 11 is 0. The van der Waals surface area contributed by atoms with Crippen LogP contribution >= 0.6 is 0 Å². The van der Waals surface area contributed by atoms with E-state index in [1.807, 2.05) is 0 Å². The number of anilines is 1. The van der Waals surface area contributed by atoms with Crippen LogP contribution in [0.2, 0.25) is 0 Å². The van der Waals surface area contributed by atoms with Gasteiger partial charge in [0.05, 0.1) is 18.5 Å². The molecule has 1 N–H and O–H groups in total. The van der Waals surface area contributed by atoms with Crippen LogP contribution in [0.4, 0.5) is 14.5 Å². The molecule has 0 radical (unpaired) electrons. The lowest BCUT2D eigenvalue weighted by Gasteiger charge is -2.19. The van der Waals surface area contributed by atoms with E-state index in [9.17, 15) is 22.0 Å². The molecule has 0 aliphatic rings. The molecule has 0 spiro atoms. The number of rotatable bonds is 7. The van der Waals surface area contributed by atoms with Gasteiger partial charge < -0.3 is 5.32 Å². The molecule has 1 aromatic carbocycles. The number of amides is 1. The summed E-state index contributed by atoms with van der Waals surface area (Å²) < 4.78 is 50.8. The quantitative estimate of drug-likeness (QED) is 0.811. The highest BCUT2D eigenvalue weighted by molar-refractivity contribution is 7.88. The molecule has 2 aromatic rings. The van der Waals surface area contributed by atoms with E-state index in [0.29, 0.717) is 5.69 Å². The molecule has 1 heterocycles. The van der Waals surface area contributed by atoms with E-state index in [1.165, 1.54) is 6.07 Å². The van der Waals surface area contributed by atoms with E-state index >= 15 is 0 Å². The van der Waals surface area contributed by atoms with E-state index in [2.05, 4.69) is 10.3 Å². The number of hydrogen-bond donors (Lipinski definition) is 1. The van der Waals surface area contributed by atoms with Gasteiger partial charge in [-0.3, -0.25) is 9.78 Å². The molecule has 0 saturated carbocycles. The molecule has 0 aliphatic carbocycles. The standard InChI is InChI=1S/C16H17F2N3O3S/c1-25(23,24)21(11-13-4-2-3-8-19-13)9-7-16(22)20-12-5-6-14(17)15(18)10-12/h2-6,8,10H,7,9,11H2,1H3,(H,20,22). The number of halogens is 2. The highest BCUT2D eigenvalue weighted by atomic mass is 32.2. The van der Waals surface area contributed by atoms with Gasteiger partial charge in [-0.2, -0.15) is 4.31 Å². The molecule has 9 heteroatoms. The van der Waals surface area contributed by atoms with Crippen LogP contribution in [-0.4, -0.2) is 36.4 Å². The second kappa shape index (κ2) is 8.13. The fraction of sp³-hybridized carbons (Fsp3) is 0.250. The smallest absolute Gasteiger partial charge is 0.225 e. The highest BCUT2D eigenvalue weighted by Crippen LogP contribution is 2.14. The van der Waals surface area contributed by atoms with Crippen LogP contribution in [0.5, 0.6) is 0 Å². The number of sulfonamides is 1. The molecule has 0 unspecified atom stereocenters.